The number of likely N-dealkylation sites (tertiary alicyclic amines) is 1. The third kappa shape index (κ3) is 2.65. The molecule has 1 aliphatic rings. The second-order valence-electron chi connectivity index (χ2n) is 4.40. The van der Waals surface area contributed by atoms with Crippen LogP contribution in [0.25, 0.3) is 0 Å². The van der Waals surface area contributed by atoms with Crippen LogP contribution in [0.15, 0.2) is 24.3 Å². The summed E-state index contributed by atoms with van der Waals surface area (Å²) in [7, 11) is 0. The number of hydrogen-bond donors (Lipinski definition) is 1. The highest BCUT2D eigenvalue weighted by atomic mass is 32.1. The van der Waals surface area contributed by atoms with Gasteiger partial charge in [0, 0.05) is 12.1 Å². The first-order valence-corrected chi connectivity index (χ1v) is 6.28. The average molecular weight is 265 g/mol. The Hall–Kier alpha value is -1.53. The van der Waals surface area contributed by atoms with Crippen molar-refractivity contribution in [1.82, 2.24) is 4.90 Å². The highest BCUT2D eigenvalue weighted by Gasteiger charge is 2.25. The maximum absolute atomic E-state index is 10.6. The smallest absolute Gasteiger partial charge is 0.269 e. The number of benzene rings is 1. The Morgan fingerprint density at radius 1 is 1.33 bits per heavy atom. The summed E-state index contributed by atoms with van der Waals surface area (Å²) in [4.78, 5) is 12.9. The molecule has 96 valence electrons. The van der Waals surface area contributed by atoms with E-state index in [9.17, 15) is 10.1 Å². The van der Waals surface area contributed by atoms with Crippen molar-refractivity contribution >= 4 is 22.9 Å². The molecule has 1 atom stereocenters. The van der Waals surface area contributed by atoms with Gasteiger partial charge in [-0.05, 0) is 31.5 Å². The summed E-state index contributed by atoms with van der Waals surface area (Å²) >= 11 is 5.12. The predicted octanol–water partition coefficient (Wildman–Crippen LogP) is 2.02. The van der Waals surface area contributed by atoms with Gasteiger partial charge in [0.05, 0.1) is 16.0 Å². The molecule has 0 radical (unpaired) electrons. The fraction of sp³-hybridized carbons (Fsp3) is 0.417. The van der Waals surface area contributed by atoms with E-state index in [1.807, 2.05) is 0 Å². The minimum absolute atomic E-state index is 0.0851. The molecule has 1 aliphatic heterocycles. The van der Waals surface area contributed by atoms with E-state index in [0.717, 1.165) is 31.5 Å². The largest absolute Gasteiger partial charge is 0.392 e. The number of nitrogens with two attached hydrogens (primary N) is 1. The lowest BCUT2D eigenvalue weighted by Crippen LogP contribution is -2.34. The van der Waals surface area contributed by atoms with Gasteiger partial charge in [-0.2, -0.15) is 0 Å². The predicted molar refractivity (Wildman–Crippen MR) is 73.4 cm³/mol. The SMILES string of the molecule is NC(=S)C(c1ccc([N+](=O)[O-])cc1)N1CCCC1. The Kier molecular flexibility index (Phi) is 3.88. The Balaban J connectivity index is 2.25. The van der Waals surface area contributed by atoms with Crippen molar-refractivity contribution in [2.45, 2.75) is 18.9 Å². The molecule has 0 amide bonds. The quantitative estimate of drug-likeness (QED) is 0.512. The van der Waals surface area contributed by atoms with Crippen molar-refractivity contribution in [3.63, 3.8) is 0 Å². The summed E-state index contributed by atoms with van der Waals surface area (Å²) in [6.07, 6.45) is 2.29. The maximum Gasteiger partial charge on any atom is 0.269 e. The minimum atomic E-state index is -0.407. The lowest BCUT2D eigenvalue weighted by molar-refractivity contribution is -0.384. The highest BCUT2D eigenvalue weighted by Crippen LogP contribution is 2.26. The summed E-state index contributed by atoms with van der Waals surface area (Å²) < 4.78 is 0. The first-order chi connectivity index (χ1) is 8.59. The van der Waals surface area contributed by atoms with E-state index in [-0.39, 0.29) is 11.7 Å². The van der Waals surface area contributed by atoms with Gasteiger partial charge in [0.15, 0.2) is 0 Å². The topological polar surface area (TPSA) is 72.4 Å². The van der Waals surface area contributed by atoms with Crippen molar-refractivity contribution in [2.75, 3.05) is 13.1 Å². The lowest BCUT2D eigenvalue weighted by atomic mass is 10.1. The molecule has 0 aliphatic carbocycles. The van der Waals surface area contributed by atoms with Crippen molar-refractivity contribution in [2.24, 2.45) is 5.73 Å². The second kappa shape index (κ2) is 5.41. The van der Waals surface area contributed by atoms with Crippen LogP contribution in [-0.4, -0.2) is 27.9 Å². The van der Waals surface area contributed by atoms with Crippen molar-refractivity contribution < 1.29 is 4.92 Å². The van der Waals surface area contributed by atoms with Gasteiger partial charge in [0.2, 0.25) is 0 Å². The number of thiocarbonyl (C=S) groups is 1. The first-order valence-electron chi connectivity index (χ1n) is 5.87. The van der Waals surface area contributed by atoms with Crippen LogP contribution in [0.5, 0.6) is 0 Å². The van der Waals surface area contributed by atoms with Crippen molar-refractivity contribution in [1.29, 1.82) is 0 Å². The van der Waals surface area contributed by atoms with E-state index in [2.05, 4.69) is 4.90 Å². The van der Waals surface area contributed by atoms with Crippen LogP contribution >= 0.6 is 12.2 Å². The molecule has 5 nitrogen and oxygen atoms in total. The van der Waals surface area contributed by atoms with E-state index >= 15 is 0 Å². The monoisotopic (exact) mass is 265 g/mol. The zero-order valence-electron chi connectivity index (χ0n) is 9.91. The van der Waals surface area contributed by atoms with Crippen LogP contribution in [-0.2, 0) is 0 Å². The molecular weight excluding hydrogens is 250 g/mol. The minimum Gasteiger partial charge on any atom is -0.392 e. The molecule has 1 saturated heterocycles. The van der Waals surface area contributed by atoms with Crippen LogP contribution in [0.2, 0.25) is 0 Å². The Morgan fingerprint density at radius 2 is 1.89 bits per heavy atom. The molecule has 1 aromatic rings. The lowest BCUT2D eigenvalue weighted by Gasteiger charge is -2.26. The van der Waals surface area contributed by atoms with Gasteiger partial charge in [-0.15, -0.1) is 0 Å². The van der Waals surface area contributed by atoms with E-state index in [1.54, 1.807) is 12.1 Å². The fourth-order valence-electron chi connectivity index (χ4n) is 2.33. The molecule has 2 rings (SSSR count). The molecule has 18 heavy (non-hydrogen) atoms. The molecule has 0 bridgehead atoms. The van der Waals surface area contributed by atoms with Gasteiger partial charge in [-0.1, -0.05) is 24.4 Å². The normalized spacial score (nSPS) is 17.6. The summed E-state index contributed by atoms with van der Waals surface area (Å²) in [6.45, 7) is 1.94. The number of nitro groups is 1. The molecule has 2 N–H and O–H groups in total. The van der Waals surface area contributed by atoms with E-state index in [4.69, 9.17) is 18.0 Å². The number of nitrogens with zero attached hydrogens (tertiary/aromatic N) is 2. The van der Waals surface area contributed by atoms with Crippen LogP contribution in [0, 0.1) is 10.1 Å². The van der Waals surface area contributed by atoms with Crippen LogP contribution in [0.1, 0.15) is 24.4 Å². The van der Waals surface area contributed by atoms with Gasteiger partial charge in [0.25, 0.3) is 5.69 Å². The van der Waals surface area contributed by atoms with Crippen LogP contribution in [0.3, 0.4) is 0 Å². The molecule has 6 heteroatoms. The zero-order chi connectivity index (χ0) is 13.1. The number of rotatable bonds is 4. The van der Waals surface area contributed by atoms with Crippen LogP contribution < -0.4 is 5.73 Å². The third-order valence-electron chi connectivity index (χ3n) is 3.19. The van der Waals surface area contributed by atoms with E-state index in [0.29, 0.717) is 4.99 Å². The zero-order valence-corrected chi connectivity index (χ0v) is 10.7. The van der Waals surface area contributed by atoms with Gasteiger partial charge < -0.3 is 5.73 Å². The summed E-state index contributed by atoms with van der Waals surface area (Å²) in [5, 5.41) is 10.6. The van der Waals surface area contributed by atoms with Gasteiger partial charge in [-0.3, -0.25) is 15.0 Å². The summed E-state index contributed by atoms with van der Waals surface area (Å²) in [5.41, 5.74) is 6.81. The Bertz CT molecular complexity index is 455. The molecule has 0 spiro atoms. The third-order valence-corrected chi connectivity index (χ3v) is 3.42. The molecule has 1 heterocycles. The first kappa shape index (κ1) is 12.9. The Morgan fingerprint density at radius 3 is 2.33 bits per heavy atom. The Labute approximate surface area is 111 Å². The number of non-ortho nitro benzene ring substituents is 1. The van der Waals surface area contributed by atoms with Gasteiger partial charge in [-0.25, -0.2) is 0 Å². The van der Waals surface area contributed by atoms with Crippen molar-refractivity contribution in [3.8, 4) is 0 Å². The molecule has 1 unspecified atom stereocenters. The standard InChI is InChI=1S/C12H15N3O2S/c13-12(18)11(14-7-1-2-8-14)9-3-5-10(6-4-9)15(16)17/h3-6,11H,1-2,7-8H2,(H2,13,18). The highest BCUT2D eigenvalue weighted by molar-refractivity contribution is 7.80. The summed E-state index contributed by atoms with van der Waals surface area (Å²) in [5.74, 6) is 0. The molecule has 0 aromatic heterocycles. The summed E-state index contributed by atoms with van der Waals surface area (Å²) in [6, 6.07) is 6.36. The number of nitro benzene ring substituents is 1. The van der Waals surface area contributed by atoms with Crippen molar-refractivity contribution in [3.05, 3.63) is 39.9 Å². The fourth-order valence-corrected chi connectivity index (χ4v) is 2.62. The molecule has 1 fully saturated rings. The number of hydrogen-bond acceptors (Lipinski definition) is 4. The maximum atomic E-state index is 10.6. The van der Waals surface area contributed by atoms with E-state index < -0.39 is 4.92 Å². The second-order valence-corrected chi connectivity index (χ2v) is 4.87. The van der Waals surface area contributed by atoms with E-state index in [1.165, 1.54) is 12.1 Å². The molecule has 1 aromatic carbocycles. The van der Waals surface area contributed by atoms with Gasteiger partial charge >= 0.3 is 0 Å². The molecular formula is C12H15N3O2S. The average Bonchev–Trinajstić information content (AvgIpc) is 2.83. The van der Waals surface area contributed by atoms with Crippen LogP contribution in [0.4, 0.5) is 5.69 Å². The molecule has 0 saturated carbocycles. The van der Waals surface area contributed by atoms with Gasteiger partial charge in [0.1, 0.15) is 0 Å².